The van der Waals surface area contributed by atoms with Crippen LogP contribution >= 0.6 is 11.3 Å². The lowest BCUT2D eigenvalue weighted by molar-refractivity contribution is -0.384. The number of rotatable bonds is 5. The number of carbonyl (C=O) groups is 1. The lowest BCUT2D eigenvalue weighted by atomic mass is 10.1. The van der Waals surface area contributed by atoms with Crippen LogP contribution in [0.25, 0.3) is 16.2 Å². The summed E-state index contributed by atoms with van der Waals surface area (Å²) in [5, 5.41) is 13.9. The minimum atomic E-state index is -0.435. The Morgan fingerprint density at radius 2 is 2.10 bits per heavy atom. The number of benzene rings is 2. The van der Waals surface area contributed by atoms with Gasteiger partial charge in [-0.05, 0) is 24.6 Å². The van der Waals surface area contributed by atoms with E-state index >= 15 is 0 Å². The highest BCUT2D eigenvalue weighted by atomic mass is 32.1. The van der Waals surface area contributed by atoms with Gasteiger partial charge in [-0.3, -0.25) is 19.3 Å². The lowest BCUT2D eigenvalue weighted by Crippen LogP contribution is -2.22. The molecule has 0 unspecified atom stereocenters. The molecule has 0 spiro atoms. The molecule has 1 amide bonds. The molecule has 0 atom stereocenters. The number of amides is 1. The van der Waals surface area contributed by atoms with E-state index in [0.717, 1.165) is 11.3 Å². The minimum Gasteiger partial charge on any atom is -0.454 e. The highest BCUT2D eigenvalue weighted by molar-refractivity contribution is 7.19. The number of ether oxygens (including phenoxy) is 2. The number of nitrogens with one attached hydrogen (secondary N) is 1. The van der Waals surface area contributed by atoms with Crippen molar-refractivity contribution in [1.82, 2.24) is 14.7 Å². The van der Waals surface area contributed by atoms with Crippen molar-refractivity contribution < 1.29 is 19.2 Å². The fourth-order valence-electron chi connectivity index (χ4n) is 3.39. The maximum Gasteiger partial charge on any atom is 0.270 e. The average molecular weight is 436 g/mol. The molecule has 3 heterocycles. The summed E-state index contributed by atoms with van der Waals surface area (Å²) in [5.74, 6) is 1.18. The van der Waals surface area contributed by atoms with Crippen molar-refractivity contribution in [2.24, 2.45) is 0 Å². The van der Waals surface area contributed by atoms with Crippen LogP contribution in [0, 0.1) is 17.0 Å². The summed E-state index contributed by atoms with van der Waals surface area (Å²) in [5.41, 5.74) is 2.94. The first-order valence-corrected chi connectivity index (χ1v) is 10.2. The smallest absolute Gasteiger partial charge is 0.270 e. The van der Waals surface area contributed by atoms with Crippen LogP contribution in [-0.2, 0) is 6.54 Å². The molecule has 10 heteroatoms. The number of hydrogen-bond donors (Lipinski definition) is 1. The van der Waals surface area contributed by atoms with Gasteiger partial charge in [0.15, 0.2) is 16.5 Å². The number of non-ortho nitro benzene ring substituents is 1. The molecule has 1 aliphatic rings. The maximum absolute atomic E-state index is 12.7. The van der Waals surface area contributed by atoms with Gasteiger partial charge in [0.05, 0.1) is 10.6 Å². The molecule has 0 radical (unpaired) electrons. The van der Waals surface area contributed by atoms with Crippen LogP contribution in [0.3, 0.4) is 0 Å². The Bertz CT molecular complexity index is 1340. The van der Waals surface area contributed by atoms with Gasteiger partial charge in [-0.1, -0.05) is 29.5 Å². The third-order valence-electron chi connectivity index (χ3n) is 5.01. The Kier molecular flexibility index (Phi) is 4.55. The van der Waals surface area contributed by atoms with E-state index in [1.165, 1.54) is 23.5 Å². The maximum atomic E-state index is 12.7. The number of aryl methyl sites for hydroxylation is 1. The quantitative estimate of drug-likeness (QED) is 0.375. The number of carbonyl (C=O) groups excluding carboxylic acids is 1. The number of aromatic nitrogens is 2. The van der Waals surface area contributed by atoms with Crippen LogP contribution in [0.2, 0.25) is 0 Å². The summed E-state index contributed by atoms with van der Waals surface area (Å²) in [6, 6.07) is 11.9. The van der Waals surface area contributed by atoms with E-state index in [1.54, 1.807) is 18.3 Å². The van der Waals surface area contributed by atoms with Crippen molar-refractivity contribution in [2.45, 2.75) is 13.5 Å². The number of nitro groups is 1. The summed E-state index contributed by atoms with van der Waals surface area (Å²) >= 11 is 1.27. The summed E-state index contributed by atoms with van der Waals surface area (Å²) in [6.45, 7) is 2.41. The molecule has 156 valence electrons. The first-order chi connectivity index (χ1) is 15.0. The van der Waals surface area contributed by atoms with Crippen molar-refractivity contribution in [2.75, 3.05) is 6.79 Å². The largest absolute Gasteiger partial charge is 0.454 e. The Morgan fingerprint density at radius 3 is 2.90 bits per heavy atom. The monoisotopic (exact) mass is 436 g/mol. The Balaban J connectivity index is 1.35. The molecule has 0 aliphatic carbocycles. The van der Waals surface area contributed by atoms with Crippen molar-refractivity contribution in [3.63, 3.8) is 0 Å². The first kappa shape index (κ1) is 19.1. The van der Waals surface area contributed by atoms with E-state index in [2.05, 4.69) is 10.3 Å². The first-order valence-electron chi connectivity index (χ1n) is 9.39. The predicted molar refractivity (Wildman–Crippen MR) is 114 cm³/mol. The number of imidazole rings is 1. The molecule has 9 nitrogen and oxygen atoms in total. The number of thiazole rings is 1. The van der Waals surface area contributed by atoms with E-state index < -0.39 is 4.92 Å². The Morgan fingerprint density at radius 1 is 1.26 bits per heavy atom. The molecule has 0 bridgehead atoms. The molecule has 1 N–H and O–H groups in total. The Hall–Kier alpha value is -3.92. The number of hydrogen-bond acceptors (Lipinski definition) is 7. The molecular weight excluding hydrogens is 420 g/mol. The van der Waals surface area contributed by atoms with Crippen LogP contribution in [-0.4, -0.2) is 27.0 Å². The van der Waals surface area contributed by atoms with E-state index in [1.807, 2.05) is 29.5 Å². The number of nitro benzene ring substituents is 1. The van der Waals surface area contributed by atoms with Crippen LogP contribution < -0.4 is 14.8 Å². The average Bonchev–Trinajstić information content (AvgIpc) is 3.48. The van der Waals surface area contributed by atoms with Crippen molar-refractivity contribution >= 4 is 27.9 Å². The van der Waals surface area contributed by atoms with Crippen molar-refractivity contribution in [1.29, 1.82) is 0 Å². The molecule has 0 saturated carbocycles. The SMILES string of the molecule is Cc1c(C(=O)NCc2ccc3c(c2)OCO3)sc2nc(-c3cccc([N+](=O)[O-])c3)cn12. The van der Waals surface area contributed by atoms with Crippen LogP contribution in [0.15, 0.2) is 48.7 Å². The van der Waals surface area contributed by atoms with Crippen LogP contribution in [0.5, 0.6) is 11.5 Å². The number of fused-ring (bicyclic) bond motifs is 2. The van der Waals surface area contributed by atoms with Gasteiger partial charge in [0.1, 0.15) is 4.88 Å². The third-order valence-corrected chi connectivity index (χ3v) is 6.16. The highest BCUT2D eigenvalue weighted by Crippen LogP contribution is 2.33. The molecule has 4 aromatic rings. The minimum absolute atomic E-state index is 0.00848. The highest BCUT2D eigenvalue weighted by Gasteiger charge is 2.19. The molecule has 0 fully saturated rings. The lowest BCUT2D eigenvalue weighted by Gasteiger charge is -2.06. The molecule has 2 aromatic heterocycles. The molecular formula is C21H16N4O5S. The van der Waals surface area contributed by atoms with Gasteiger partial charge >= 0.3 is 0 Å². The van der Waals surface area contributed by atoms with Gasteiger partial charge in [0, 0.05) is 36.1 Å². The van der Waals surface area contributed by atoms with E-state index in [9.17, 15) is 14.9 Å². The summed E-state index contributed by atoms with van der Waals surface area (Å²) in [6.07, 6.45) is 1.79. The van der Waals surface area contributed by atoms with Gasteiger partial charge < -0.3 is 14.8 Å². The fourth-order valence-corrected chi connectivity index (χ4v) is 4.42. The standard InChI is InChI=1S/C21H16N4O5S/c1-12-19(20(26)22-9-13-5-6-17-18(7-13)30-11-29-17)31-21-23-16(10-24(12)21)14-3-2-4-15(8-14)25(27)28/h2-8,10H,9,11H2,1H3,(H,22,26). The second-order valence-electron chi connectivity index (χ2n) is 6.97. The fraction of sp³-hybridized carbons (Fsp3) is 0.143. The van der Waals surface area contributed by atoms with E-state index in [-0.39, 0.29) is 18.4 Å². The zero-order chi connectivity index (χ0) is 21.5. The molecule has 0 saturated heterocycles. The summed E-state index contributed by atoms with van der Waals surface area (Å²) < 4.78 is 12.5. The molecule has 31 heavy (non-hydrogen) atoms. The second-order valence-corrected chi connectivity index (χ2v) is 7.95. The molecule has 1 aliphatic heterocycles. The summed E-state index contributed by atoms with van der Waals surface area (Å²) in [7, 11) is 0. The van der Waals surface area contributed by atoms with Crippen molar-refractivity contribution in [3.05, 3.63) is 74.9 Å². The van der Waals surface area contributed by atoms with Crippen LogP contribution in [0.1, 0.15) is 20.9 Å². The Labute approximate surface area is 180 Å². The van der Waals surface area contributed by atoms with E-state index in [4.69, 9.17) is 9.47 Å². The topological polar surface area (TPSA) is 108 Å². The molecule has 5 rings (SSSR count). The van der Waals surface area contributed by atoms with Gasteiger partial charge in [-0.2, -0.15) is 0 Å². The van der Waals surface area contributed by atoms with Crippen LogP contribution in [0.4, 0.5) is 5.69 Å². The predicted octanol–water partition coefficient (Wildman–Crippen LogP) is 3.94. The van der Waals surface area contributed by atoms with E-state index in [0.29, 0.717) is 39.1 Å². The third kappa shape index (κ3) is 3.46. The van der Waals surface area contributed by atoms with Gasteiger partial charge in [-0.15, -0.1) is 0 Å². The molecule has 2 aromatic carbocycles. The van der Waals surface area contributed by atoms with Gasteiger partial charge in [-0.25, -0.2) is 4.98 Å². The van der Waals surface area contributed by atoms with Gasteiger partial charge in [0.2, 0.25) is 6.79 Å². The normalized spacial score (nSPS) is 12.3. The van der Waals surface area contributed by atoms with Crippen molar-refractivity contribution in [3.8, 4) is 22.8 Å². The summed E-state index contributed by atoms with van der Waals surface area (Å²) in [4.78, 5) is 29.1. The second kappa shape index (κ2) is 7.40. The number of nitrogens with zero attached hydrogens (tertiary/aromatic N) is 3. The zero-order valence-corrected chi connectivity index (χ0v) is 17.1. The zero-order valence-electron chi connectivity index (χ0n) is 16.3. The van der Waals surface area contributed by atoms with Gasteiger partial charge in [0.25, 0.3) is 11.6 Å².